The number of nitrogens with zero attached hydrogens (tertiary/aromatic N) is 6. The van der Waals surface area contributed by atoms with Crippen LogP contribution in [-0.4, -0.2) is 49.0 Å². The fourth-order valence-corrected chi connectivity index (χ4v) is 5.75. The summed E-state index contributed by atoms with van der Waals surface area (Å²) in [5.74, 6) is 0.673. The number of anilines is 2. The van der Waals surface area contributed by atoms with Crippen LogP contribution in [0.25, 0.3) is 22.3 Å². The van der Waals surface area contributed by atoms with Crippen LogP contribution in [0.5, 0.6) is 0 Å². The van der Waals surface area contributed by atoms with Crippen molar-refractivity contribution < 1.29 is 8.78 Å². The van der Waals surface area contributed by atoms with Gasteiger partial charge in [-0.2, -0.15) is 0 Å². The van der Waals surface area contributed by atoms with Crippen molar-refractivity contribution in [3.63, 3.8) is 0 Å². The SMILES string of the molecule is CCN1CCC(C)(C(C)c2ccc(Nc3ncc(F)c(-c4cc(F)c5nc(C)n(C(C)C)c5c4)n3)nc2)CC1. The third-order valence-corrected chi connectivity index (χ3v) is 8.48. The Bertz CT molecular complexity index is 1470. The highest BCUT2D eigenvalue weighted by Crippen LogP contribution is 2.43. The molecule has 1 aliphatic heterocycles. The number of aryl methyl sites for hydroxylation is 1. The summed E-state index contributed by atoms with van der Waals surface area (Å²) in [6, 6.07) is 7.06. The number of benzene rings is 1. The summed E-state index contributed by atoms with van der Waals surface area (Å²) in [7, 11) is 0. The zero-order chi connectivity index (χ0) is 27.9. The number of halogens is 2. The predicted molar refractivity (Wildman–Crippen MR) is 151 cm³/mol. The fraction of sp³-hybridized carbons (Fsp3) is 0.467. The largest absolute Gasteiger partial charge is 0.326 e. The van der Waals surface area contributed by atoms with Crippen LogP contribution >= 0.6 is 0 Å². The fourth-order valence-electron chi connectivity index (χ4n) is 5.75. The van der Waals surface area contributed by atoms with E-state index < -0.39 is 11.6 Å². The van der Waals surface area contributed by atoms with Gasteiger partial charge in [-0.25, -0.2) is 28.7 Å². The summed E-state index contributed by atoms with van der Waals surface area (Å²) >= 11 is 0. The summed E-state index contributed by atoms with van der Waals surface area (Å²) in [5.41, 5.74) is 2.63. The zero-order valence-electron chi connectivity index (χ0n) is 23.6. The molecule has 0 spiro atoms. The van der Waals surface area contributed by atoms with Gasteiger partial charge < -0.3 is 14.8 Å². The van der Waals surface area contributed by atoms with Crippen LogP contribution in [0.2, 0.25) is 0 Å². The lowest BCUT2D eigenvalue weighted by Gasteiger charge is -2.43. The molecule has 206 valence electrons. The van der Waals surface area contributed by atoms with Gasteiger partial charge in [0.2, 0.25) is 5.95 Å². The number of fused-ring (bicyclic) bond motifs is 1. The van der Waals surface area contributed by atoms with E-state index in [4.69, 9.17) is 0 Å². The second kappa shape index (κ2) is 10.6. The van der Waals surface area contributed by atoms with Crippen molar-refractivity contribution in [2.24, 2.45) is 5.41 Å². The third-order valence-electron chi connectivity index (χ3n) is 8.48. The molecule has 3 aromatic heterocycles. The highest BCUT2D eigenvalue weighted by atomic mass is 19.1. The monoisotopic (exact) mass is 533 g/mol. The molecule has 1 N–H and O–H groups in total. The van der Waals surface area contributed by atoms with Gasteiger partial charge in [0.25, 0.3) is 0 Å². The lowest BCUT2D eigenvalue weighted by molar-refractivity contribution is 0.102. The van der Waals surface area contributed by atoms with Crippen molar-refractivity contribution in [1.29, 1.82) is 0 Å². The molecule has 1 atom stereocenters. The number of pyridine rings is 1. The molecule has 0 aliphatic carbocycles. The average Bonchev–Trinajstić information content (AvgIpc) is 3.27. The first-order valence-electron chi connectivity index (χ1n) is 13.8. The Labute approximate surface area is 228 Å². The van der Waals surface area contributed by atoms with Crippen molar-refractivity contribution in [1.82, 2.24) is 29.4 Å². The van der Waals surface area contributed by atoms with Gasteiger partial charge in [0.05, 0.1) is 11.7 Å². The van der Waals surface area contributed by atoms with E-state index in [1.165, 1.54) is 11.6 Å². The average molecular weight is 534 g/mol. The summed E-state index contributed by atoms with van der Waals surface area (Å²) in [4.78, 5) is 20.0. The quantitative estimate of drug-likeness (QED) is 0.275. The van der Waals surface area contributed by atoms with Gasteiger partial charge >= 0.3 is 0 Å². The number of rotatable bonds is 7. The standard InChI is InChI=1S/C30H37F2N7/c1-7-38-12-10-30(6,11-13-38)19(4)21-8-9-26(33-16-21)36-29-34-17-24(32)27(37-29)22-14-23(31)28-25(15-22)39(18(2)3)20(5)35-28/h8-9,14-19H,7,10-13H2,1-6H3,(H,33,34,36,37). The van der Waals surface area contributed by atoms with Gasteiger partial charge in [0.15, 0.2) is 11.6 Å². The van der Waals surface area contributed by atoms with E-state index in [2.05, 4.69) is 57.0 Å². The Kier molecular flexibility index (Phi) is 7.37. The Morgan fingerprint density at radius 3 is 2.38 bits per heavy atom. The van der Waals surface area contributed by atoms with Gasteiger partial charge in [0, 0.05) is 17.8 Å². The zero-order valence-corrected chi connectivity index (χ0v) is 23.6. The maximum Gasteiger partial charge on any atom is 0.229 e. The van der Waals surface area contributed by atoms with Crippen molar-refractivity contribution in [3.8, 4) is 11.3 Å². The second-order valence-corrected chi connectivity index (χ2v) is 11.3. The topological polar surface area (TPSA) is 71.8 Å². The first kappa shape index (κ1) is 27.1. The van der Waals surface area contributed by atoms with E-state index in [-0.39, 0.29) is 28.6 Å². The van der Waals surface area contributed by atoms with Crippen LogP contribution in [0, 0.1) is 24.0 Å². The molecule has 4 heterocycles. The van der Waals surface area contributed by atoms with Crippen LogP contribution in [0.15, 0.2) is 36.7 Å². The molecule has 5 rings (SSSR count). The molecule has 1 aliphatic rings. The molecule has 0 radical (unpaired) electrons. The maximum atomic E-state index is 15.0. The minimum atomic E-state index is -0.633. The summed E-state index contributed by atoms with van der Waals surface area (Å²) in [5, 5.41) is 3.08. The molecule has 1 unspecified atom stereocenters. The summed E-state index contributed by atoms with van der Waals surface area (Å²) in [6.07, 6.45) is 5.32. The number of likely N-dealkylation sites (tertiary alicyclic amines) is 1. The second-order valence-electron chi connectivity index (χ2n) is 11.3. The molecule has 9 heteroatoms. The minimum absolute atomic E-state index is 0.0130. The molecule has 1 fully saturated rings. The summed E-state index contributed by atoms with van der Waals surface area (Å²) in [6.45, 7) is 16.1. The lowest BCUT2D eigenvalue weighted by Crippen LogP contribution is -2.40. The lowest BCUT2D eigenvalue weighted by atomic mass is 9.69. The number of hydrogen-bond donors (Lipinski definition) is 1. The molecule has 0 amide bonds. The Balaban J connectivity index is 1.38. The van der Waals surface area contributed by atoms with Gasteiger partial charge in [-0.15, -0.1) is 0 Å². The van der Waals surface area contributed by atoms with Crippen LogP contribution in [0.3, 0.4) is 0 Å². The van der Waals surface area contributed by atoms with Gasteiger partial charge in [0.1, 0.15) is 22.9 Å². The van der Waals surface area contributed by atoms with E-state index in [0.717, 1.165) is 38.7 Å². The molecular formula is C30H37F2N7. The number of imidazole rings is 1. The normalized spacial score (nSPS) is 16.6. The maximum absolute atomic E-state index is 15.0. The molecular weight excluding hydrogens is 496 g/mol. The Morgan fingerprint density at radius 1 is 1.00 bits per heavy atom. The van der Waals surface area contributed by atoms with Crippen LogP contribution in [-0.2, 0) is 0 Å². The van der Waals surface area contributed by atoms with E-state index in [0.29, 0.717) is 28.6 Å². The number of piperidine rings is 1. The number of hydrogen-bond acceptors (Lipinski definition) is 6. The van der Waals surface area contributed by atoms with Crippen molar-refractivity contribution >= 4 is 22.8 Å². The van der Waals surface area contributed by atoms with Crippen molar-refractivity contribution in [3.05, 3.63) is 59.7 Å². The molecule has 7 nitrogen and oxygen atoms in total. The Morgan fingerprint density at radius 2 is 1.74 bits per heavy atom. The first-order chi connectivity index (χ1) is 18.6. The number of aromatic nitrogens is 5. The predicted octanol–water partition coefficient (Wildman–Crippen LogP) is 7.02. The van der Waals surface area contributed by atoms with Gasteiger partial charge in [-0.05, 0) is 88.3 Å². The van der Waals surface area contributed by atoms with E-state index in [1.807, 2.05) is 37.6 Å². The third kappa shape index (κ3) is 5.24. The van der Waals surface area contributed by atoms with Crippen molar-refractivity contribution in [2.75, 3.05) is 25.0 Å². The molecule has 4 aromatic rings. The van der Waals surface area contributed by atoms with Crippen LogP contribution < -0.4 is 5.32 Å². The van der Waals surface area contributed by atoms with E-state index >= 15 is 4.39 Å². The first-order valence-corrected chi connectivity index (χ1v) is 13.8. The highest BCUT2D eigenvalue weighted by molar-refractivity contribution is 5.83. The molecule has 0 saturated carbocycles. The highest BCUT2D eigenvalue weighted by Gasteiger charge is 2.35. The van der Waals surface area contributed by atoms with Gasteiger partial charge in [-0.3, -0.25) is 0 Å². The van der Waals surface area contributed by atoms with E-state index in [9.17, 15) is 4.39 Å². The van der Waals surface area contributed by atoms with Crippen LogP contribution in [0.1, 0.15) is 70.8 Å². The molecule has 39 heavy (non-hydrogen) atoms. The molecule has 1 aromatic carbocycles. The summed E-state index contributed by atoms with van der Waals surface area (Å²) < 4.78 is 31.8. The molecule has 1 saturated heterocycles. The van der Waals surface area contributed by atoms with Crippen molar-refractivity contribution in [2.45, 2.75) is 66.3 Å². The van der Waals surface area contributed by atoms with Crippen LogP contribution in [0.4, 0.5) is 20.5 Å². The minimum Gasteiger partial charge on any atom is -0.326 e. The smallest absolute Gasteiger partial charge is 0.229 e. The van der Waals surface area contributed by atoms with E-state index in [1.54, 1.807) is 6.07 Å². The van der Waals surface area contributed by atoms with Gasteiger partial charge in [-0.1, -0.05) is 26.8 Å². The number of nitrogens with one attached hydrogen (secondary N) is 1. The molecule has 0 bridgehead atoms. The Hall–Kier alpha value is -3.46.